The summed E-state index contributed by atoms with van der Waals surface area (Å²) in [6, 6.07) is 10.5. The van der Waals surface area contributed by atoms with Crippen molar-refractivity contribution in [3.05, 3.63) is 52.3 Å². The van der Waals surface area contributed by atoms with Gasteiger partial charge in [0.2, 0.25) is 11.8 Å². The lowest BCUT2D eigenvalue weighted by atomic mass is 10.1. The number of nitriles is 1. The highest BCUT2D eigenvalue weighted by Gasteiger charge is 2.17. The molecule has 2 aromatic rings. The molecule has 0 aliphatic rings. The largest absolute Gasteiger partial charge is 0.444 e. The Morgan fingerprint density at radius 3 is 2.46 bits per heavy atom. The lowest BCUT2D eigenvalue weighted by Gasteiger charge is -2.16. The third kappa shape index (κ3) is 4.24. The van der Waals surface area contributed by atoms with Gasteiger partial charge in [0.15, 0.2) is 0 Å². The monoisotopic (exact) mass is 325 g/mol. The molecule has 1 aromatic heterocycles. The Morgan fingerprint density at radius 1 is 1.25 bits per heavy atom. The summed E-state index contributed by atoms with van der Waals surface area (Å²) in [6.45, 7) is 6.61. The van der Waals surface area contributed by atoms with Crippen LogP contribution in [0.3, 0.4) is 0 Å². The van der Waals surface area contributed by atoms with Crippen molar-refractivity contribution in [1.82, 2.24) is 4.90 Å². The molecular weight excluding hydrogens is 302 g/mol. The fourth-order valence-electron chi connectivity index (χ4n) is 2.51. The van der Waals surface area contributed by atoms with Crippen molar-refractivity contribution in [2.75, 3.05) is 18.9 Å². The van der Waals surface area contributed by atoms with Crippen LogP contribution in [0.4, 0.5) is 5.88 Å². The van der Waals surface area contributed by atoms with Crippen molar-refractivity contribution in [2.45, 2.75) is 33.7 Å². The molecule has 1 amide bonds. The second-order valence-corrected chi connectivity index (χ2v) is 5.99. The Balaban J connectivity index is 1.94. The van der Waals surface area contributed by atoms with Crippen molar-refractivity contribution < 1.29 is 9.21 Å². The van der Waals surface area contributed by atoms with Gasteiger partial charge in [-0.15, -0.1) is 0 Å². The summed E-state index contributed by atoms with van der Waals surface area (Å²) in [5.74, 6) is 0.678. The first-order valence-corrected chi connectivity index (χ1v) is 8.00. The third-order valence-corrected chi connectivity index (χ3v) is 4.05. The number of amides is 1. The minimum absolute atomic E-state index is 0.201. The van der Waals surface area contributed by atoms with Gasteiger partial charge in [-0.2, -0.15) is 5.26 Å². The number of anilines is 1. The Bertz CT molecular complexity index is 754. The number of hydrogen-bond donors (Lipinski definition) is 1. The Labute approximate surface area is 142 Å². The number of carbonyl (C=O) groups excluding carboxylic acids is 1. The predicted octanol–water partition coefficient (Wildman–Crippen LogP) is 3.40. The smallest absolute Gasteiger partial charge is 0.240 e. The summed E-state index contributed by atoms with van der Waals surface area (Å²) in [4.78, 5) is 14.1. The molecule has 2 rings (SSSR count). The van der Waals surface area contributed by atoms with Crippen LogP contribution in [0.2, 0.25) is 0 Å². The fraction of sp³-hybridized carbons (Fsp3) is 0.368. The van der Waals surface area contributed by atoms with Crippen molar-refractivity contribution in [3.8, 4) is 6.07 Å². The average Bonchev–Trinajstić information content (AvgIpc) is 2.81. The van der Waals surface area contributed by atoms with E-state index in [1.807, 2.05) is 11.9 Å². The second-order valence-electron chi connectivity index (χ2n) is 5.99. The topological polar surface area (TPSA) is 69.3 Å². The quantitative estimate of drug-likeness (QED) is 0.884. The van der Waals surface area contributed by atoms with Crippen molar-refractivity contribution in [1.29, 1.82) is 5.26 Å². The van der Waals surface area contributed by atoms with E-state index in [4.69, 9.17) is 4.42 Å². The number of aryl methyl sites for hydroxylation is 2. The van der Waals surface area contributed by atoms with E-state index >= 15 is 0 Å². The molecule has 0 atom stereocenters. The number of rotatable bonds is 6. The average molecular weight is 325 g/mol. The molecule has 0 saturated carbocycles. The van der Waals surface area contributed by atoms with E-state index in [0.717, 1.165) is 17.5 Å². The summed E-state index contributed by atoms with van der Waals surface area (Å²) in [5, 5.41) is 11.9. The molecule has 0 fully saturated rings. The number of furan rings is 1. The molecule has 24 heavy (non-hydrogen) atoms. The van der Waals surface area contributed by atoms with Gasteiger partial charge in [0, 0.05) is 12.1 Å². The first-order chi connectivity index (χ1) is 11.4. The van der Waals surface area contributed by atoms with E-state index in [9.17, 15) is 10.1 Å². The first-order valence-electron chi connectivity index (χ1n) is 8.00. The molecule has 1 N–H and O–H groups in total. The highest BCUT2D eigenvalue weighted by molar-refractivity contribution is 5.92. The lowest BCUT2D eigenvalue weighted by Crippen LogP contribution is -2.29. The van der Waals surface area contributed by atoms with Crippen LogP contribution in [-0.2, 0) is 17.8 Å². The van der Waals surface area contributed by atoms with E-state index in [1.54, 1.807) is 13.8 Å². The van der Waals surface area contributed by atoms with Crippen molar-refractivity contribution in [3.63, 3.8) is 0 Å². The van der Waals surface area contributed by atoms with E-state index in [-0.39, 0.29) is 18.3 Å². The maximum atomic E-state index is 12.2. The molecule has 0 aliphatic heterocycles. The van der Waals surface area contributed by atoms with Crippen LogP contribution >= 0.6 is 0 Å². The van der Waals surface area contributed by atoms with E-state index < -0.39 is 0 Å². The van der Waals surface area contributed by atoms with Gasteiger partial charge in [-0.1, -0.05) is 31.2 Å². The lowest BCUT2D eigenvalue weighted by molar-refractivity contribution is -0.117. The molecule has 1 heterocycles. The molecule has 0 bridgehead atoms. The molecule has 0 aliphatic carbocycles. The van der Waals surface area contributed by atoms with E-state index in [2.05, 4.69) is 42.6 Å². The maximum Gasteiger partial charge on any atom is 0.240 e. The SMILES string of the molecule is CCc1ccc(CN(C)CC(=O)Nc2oc(C)c(C)c2C#N)cc1. The van der Waals surface area contributed by atoms with Crippen LogP contribution in [0, 0.1) is 25.2 Å². The molecule has 0 saturated heterocycles. The molecule has 0 unspecified atom stereocenters. The summed E-state index contributed by atoms with van der Waals surface area (Å²) in [5.41, 5.74) is 3.60. The maximum absolute atomic E-state index is 12.2. The Kier molecular flexibility index (Phi) is 5.78. The normalized spacial score (nSPS) is 10.7. The van der Waals surface area contributed by atoms with Gasteiger partial charge in [0.25, 0.3) is 0 Å². The number of nitrogens with one attached hydrogen (secondary N) is 1. The van der Waals surface area contributed by atoms with E-state index in [1.165, 1.54) is 5.56 Å². The van der Waals surface area contributed by atoms with Gasteiger partial charge in [-0.3, -0.25) is 15.0 Å². The van der Waals surface area contributed by atoms with Gasteiger partial charge >= 0.3 is 0 Å². The molecule has 0 spiro atoms. The number of hydrogen-bond acceptors (Lipinski definition) is 4. The number of nitrogens with zero attached hydrogens (tertiary/aromatic N) is 2. The summed E-state index contributed by atoms with van der Waals surface area (Å²) >= 11 is 0. The highest BCUT2D eigenvalue weighted by atomic mass is 16.4. The number of likely N-dealkylation sites (N-methyl/N-ethyl adjacent to an activating group) is 1. The highest BCUT2D eigenvalue weighted by Crippen LogP contribution is 2.25. The molecule has 1 aromatic carbocycles. The van der Waals surface area contributed by atoms with Gasteiger partial charge in [-0.05, 0) is 38.4 Å². The molecule has 126 valence electrons. The minimum atomic E-state index is -0.201. The Hall–Kier alpha value is -2.58. The molecular formula is C19H23N3O2. The van der Waals surface area contributed by atoms with Gasteiger partial charge in [0.1, 0.15) is 17.4 Å². The van der Waals surface area contributed by atoms with E-state index in [0.29, 0.717) is 17.9 Å². The van der Waals surface area contributed by atoms with Crippen LogP contribution in [-0.4, -0.2) is 24.4 Å². The first kappa shape index (κ1) is 17.8. The van der Waals surface area contributed by atoms with Crippen molar-refractivity contribution >= 4 is 11.8 Å². The second kappa shape index (κ2) is 7.80. The zero-order valence-electron chi connectivity index (χ0n) is 14.6. The standard InChI is InChI=1S/C19H23N3O2/c1-5-15-6-8-16(9-7-15)11-22(4)12-18(23)21-19-17(10-20)13(2)14(3)24-19/h6-9H,5,11-12H2,1-4H3,(H,21,23). The van der Waals surface area contributed by atoms with Crippen LogP contribution in [0.1, 0.15) is 34.9 Å². The Morgan fingerprint density at radius 2 is 1.88 bits per heavy atom. The fourth-order valence-corrected chi connectivity index (χ4v) is 2.51. The third-order valence-electron chi connectivity index (χ3n) is 4.05. The summed E-state index contributed by atoms with van der Waals surface area (Å²) < 4.78 is 5.46. The summed E-state index contributed by atoms with van der Waals surface area (Å²) in [6.07, 6.45) is 1.02. The van der Waals surface area contributed by atoms with Crippen LogP contribution in [0.5, 0.6) is 0 Å². The van der Waals surface area contributed by atoms with Gasteiger partial charge < -0.3 is 4.42 Å². The van der Waals surface area contributed by atoms with Crippen LogP contribution < -0.4 is 5.32 Å². The zero-order chi connectivity index (χ0) is 17.7. The van der Waals surface area contributed by atoms with Crippen LogP contribution in [0.25, 0.3) is 0 Å². The number of carbonyl (C=O) groups is 1. The molecule has 0 radical (unpaired) electrons. The van der Waals surface area contributed by atoms with Gasteiger partial charge in [0.05, 0.1) is 6.54 Å². The molecule has 5 nitrogen and oxygen atoms in total. The zero-order valence-corrected chi connectivity index (χ0v) is 14.6. The summed E-state index contributed by atoms with van der Waals surface area (Å²) in [7, 11) is 1.89. The van der Waals surface area contributed by atoms with Gasteiger partial charge in [-0.25, -0.2) is 0 Å². The minimum Gasteiger partial charge on any atom is -0.444 e. The van der Waals surface area contributed by atoms with Crippen molar-refractivity contribution in [2.24, 2.45) is 0 Å². The predicted molar refractivity (Wildman–Crippen MR) is 93.7 cm³/mol. The molecule has 5 heteroatoms. The number of benzene rings is 1. The van der Waals surface area contributed by atoms with Crippen LogP contribution in [0.15, 0.2) is 28.7 Å².